The molecule has 0 unspecified atom stereocenters. The minimum Gasteiger partial charge on any atom is -0.457 e. The summed E-state index contributed by atoms with van der Waals surface area (Å²) >= 11 is 3.20. The van der Waals surface area contributed by atoms with E-state index in [4.69, 9.17) is 9.15 Å². The third-order valence-electron chi connectivity index (χ3n) is 4.80. The molecule has 0 saturated carbocycles. The zero-order chi connectivity index (χ0) is 22.2. The van der Waals surface area contributed by atoms with Crippen molar-refractivity contribution < 1.29 is 22.4 Å². The minimum absolute atomic E-state index is 0.0427. The lowest BCUT2D eigenvalue weighted by Crippen LogP contribution is -2.23. The molecule has 0 bridgehead atoms. The summed E-state index contributed by atoms with van der Waals surface area (Å²) in [6, 6.07) is 9.19. The number of hydrogen-bond acceptors (Lipinski definition) is 6. The molecule has 0 aliphatic rings. The van der Waals surface area contributed by atoms with E-state index in [0.29, 0.717) is 21.0 Å². The summed E-state index contributed by atoms with van der Waals surface area (Å²) in [4.78, 5) is 24.5. The fourth-order valence-corrected chi connectivity index (χ4v) is 4.74. The SMILES string of the molecule is Cc1ccc2c(COC(=O)c3ccc(Br)c(S(=O)(=O)N(C)C)c3)cc(=O)oc2c1C. The van der Waals surface area contributed by atoms with Gasteiger partial charge in [-0.05, 0) is 59.1 Å². The first kappa shape index (κ1) is 22.2. The highest BCUT2D eigenvalue weighted by molar-refractivity contribution is 9.10. The maximum Gasteiger partial charge on any atom is 0.338 e. The van der Waals surface area contributed by atoms with Gasteiger partial charge in [0.05, 0.1) is 10.5 Å². The molecule has 158 valence electrons. The number of hydrogen-bond donors (Lipinski definition) is 0. The molecule has 3 rings (SSSR count). The zero-order valence-electron chi connectivity index (χ0n) is 16.9. The van der Waals surface area contributed by atoms with Gasteiger partial charge >= 0.3 is 11.6 Å². The molecule has 1 heterocycles. The molecule has 9 heteroatoms. The van der Waals surface area contributed by atoms with Gasteiger partial charge in [0, 0.05) is 35.6 Å². The van der Waals surface area contributed by atoms with E-state index in [2.05, 4.69) is 15.9 Å². The Kier molecular flexibility index (Phi) is 6.16. The van der Waals surface area contributed by atoms with Crippen LogP contribution in [0.2, 0.25) is 0 Å². The van der Waals surface area contributed by atoms with Gasteiger partial charge in [0.2, 0.25) is 10.0 Å². The van der Waals surface area contributed by atoms with Crippen molar-refractivity contribution in [1.29, 1.82) is 0 Å². The molecule has 0 atom stereocenters. The average molecular weight is 494 g/mol. The van der Waals surface area contributed by atoms with Crippen LogP contribution in [0.5, 0.6) is 0 Å². The monoisotopic (exact) mass is 493 g/mol. The number of aryl methyl sites for hydroxylation is 2. The van der Waals surface area contributed by atoms with Crippen molar-refractivity contribution in [1.82, 2.24) is 4.31 Å². The summed E-state index contributed by atoms with van der Waals surface area (Å²) in [6.07, 6.45) is 0. The standard InChI is InChI=1S/C21H20BrNO6S/c1-12-5-7-16-15(10-19(24)29-20(16)13(12)2)11-28-21(25)14-6-8-17(22)18(9-14)30(26,27)23(3)4/h5-10H,11H2,1-4H3. The Hall–Kier alpha value is -2.49. The molecule has 0 N–H and O–H groups in total. The van der Waals surface area contributed by atoms with Gasteiger partial charge in [0.1, 0.15) is 12.2 Å². The van der Waals surface area contributed by atoms with E-state index in [-0.39, 0.29) is 17.1 Å². The highest BCUT2D eigenvalue weighted by Gasteiger charge is 2.23. The molecule has 3 aromatic rings. The van der Waals surface area contributed by atoms with E-state index >= 15 is 0 Å². The molecular weight excluding hydrogens is 474 g/mol. The molecule has 0 aliphatic carbocycles. The van der Waals surface area contributed by atoms with Crippen molar-refractivity contribution in [3.8, 4) is 0 Å². The second kappa shape index (κ2) is 8.33. The summed E-state index contributed by atoms with van der Waals surface area (Å²) in [6.45, 7) is 3.61. The van der Waals surface area contributed by atoms with Gasteiger partial charge in [-0.3, -0.25) is 0 Å². The van der Waals surface area contributed by atoms with Gasteiger partial charge in [-0.2, -0.15) is 0 Å². The molecule has 1 aromatic heterocycles. The number of fused-ring (bicyclic) bond motifs is 1. The van der Waals surface area contributed by atoms with Gasteiger partial charge in [0.15, 0.2) is 0 Å². The predicted octanol–water partition coefficient (Wildman–Crippen LogP) is 3.78. The predicted molar refractivity (Wildman–Crippen MR) is 116 cm³/mol. The number of carbonyl (C=O) groups is 1. The number of halogens is 1. The van der Waals surface area contributed by atoms with Gasteiger partial charge in [0.25, 0.3) is 0 Å². The van der Waals surface area contributed by atoms with Crippen LogP contribution in [0, 0.1) is 13.8 Å². The Bertz CT molecular complexity index is 1310. The number of rotatable bonds is 5. The molecule has 0 spiro atoms. The summed E-state index contributed by atoms with van der Waals surface area (Å²) in [5.74, 6) is -0.706. The summed E-state index contributed by atoms with van der Waals surface area (Å²) in [7, 11) is -0.938. The van der Waals surface area contributed by atoms with Gasteiger partial charge in [-0.15, -0.1) is 0 Å². The fraction of sp³-hybridized carbons (Fsp3) is 0.238. The van der Waals surface area contributed by atoms with Crippen molar-refractivity contribution in [2.75, 3.05) is 14.1 Å². The maximum absolute atomic E-state index is 12.6. The quantitative estimate of drug-likeness (QED) is 0.396. The third kappa shape index (κ3) is 4.19. The van der Waals surface area contributed by atoms with Crippen LogP contribution in [0.15, 0.2) is 55.0 Å². The van der Waals surface area contributed by atoms with Gasteiger partial charge in [-0.1, -0.05) is 12.1 Å². The van der Waals surface area contributed by atoms with Crippen LogP contribution in [-0.4, -0.2) is 32.8 Å². The van der Waals surface area contributed by atoms with Crippen LogP contribution < -0.4 is 5.63 Å². The topological polar surface area (TPSA) is 93.9 Å². The Morgan fingerprint density at radius 3 is 2.50 bits per heavy atom. The smallest absolute Gasteiger partial charge is 0.338 e. The van der Waals surface area contributed by atoms with Crippen LogP contribution >= 0.6 is 15.9 Å². The zero-order valence-corrected chi connectivity index (χ0v) is 19.3. The molecule has 0 aliphatic heterocycles. The number of esters is 1. The lowest BCUT2D eigenvalue weighted by Gasteiger charge is -2.14. The molecule has 0 fully saturated rings. The number of nitrogens with zero attached hydrogens (tertiary/aromatic N) is 1. The van der Waals surface area contributed by atoms with Crippen LogP contribution in [0.3, 0.4) is 0 Å². The van der Waals surface area contributed by atoms with Crippen LogP contribution in [-0.2, 0) is 21.4 Å². The Morgan fingerprint density at radius 1 is 1.13 bits per heavy atom. The van der Waals surface area contributed by atoms with E-state index in [1.807, 2.05) is 26.0 Å². The highest BCUT2D eigenvalue weighted by Crippen LogP contribution is 2.27. The second-order valence-corrected chi connectivity index (χ2v) is 9.96. The summed E-state index contributed by atoms with van der Waals surface area (Å²) in [5, 5.41) is 0.678. The van der Waals surface area contributed by atoms with Crippen LogP contribution in [0.25, 0.3) is 11.0 Å². The minimum atomic E-state index is -3.75. The van der Waals surface area contributed by atoms with Crippen molar-refractivity contribution in [3.63, 3.8) is 0 Å². The van der Waals surface area contributed by atoms with E-state index in [9.17, 15) is 18.0 Å². The first-order valence-corrected chi connectivity index (χ1v) is 11.2. The van der Waals surface area contributed by atoms with Crippen molar-refractivity contribution in [2.45, 2.75) is 25.3 Å². The second-order valence-electron chi connectivity index (χ2n) is 6.98. The van der Waals surface area contributed by atoms with Crippen LogP contribution in [0.1, 0.15) is 27.0 Å². The third-order valence-corrected chi connectivity index (χ3v) is 7.61. The Labute approximate surface area is 182 Å². The largest absolute Gasteiger partial charge is 0.457 e. The molecule has 0 radical (unpaired) electrons. The first-order chi connectivity index (χ1) is 14.0. The Balaban J connectivity index is 1.92. The van der Waals surface area contributed by atoms with Crippen molar-refractivity contribution in [3.05, 3.63) is 73.5 Å². The van der Waals surface area contributed by atoms with Crippen molar-refractivity contribution >= 4 is 42.9 Å². The van der Waals surface area contributed by atoms with E-state index in [0.717, 1.165) is 15.4 Å². The van der Waals surface area contributed by atoms with Crippen molar-refractivity contribution in [2.24, 2.45) is 0 Å². The van der Waals surface area contributed by atoms with E-state index < -0.39 is 21.6 Å². The summed E-state index contributed by atoms with van der Waals surface area (Å²) < 4.78 is 37.0. The lowest BCUT2D eigenvalue weighted by molar-refractivity contribution is 0.0473. The normalized spacial score (nSPS) is 11.8. The number of sulfonamides is 1. The molecule has 0 saturated heterocycles. The molecule has 30 heavy (non-hydrogen) atoms. The first-order valence-electron chi connectivity index (χ1n) is 8.94. The maximum atomic E-state index is 12.6. The fourth-order valence-electron chi connectivity index (χ4n) is 2.90. The van der Waals surface area contributed by atoms with E-state index in [1.54, 1.807) is 0 Å². The Morgan fingerprint density at radius 2 is 1.83 bits per heavy atom. The molecule has 0 amide bonds. The highest BCUT2D eigenvalue weighted by atomic mass is 79.9. The van der Waals surface area contributed by atoms with Crippen LogP contribution in [0.4, 0.5) is 0 Å². The molecule has 7 nitrogen and oxygen atoms in total. The van der Waals surface area contributed by atoms with Gasteiger partial charge in [-0.25, -0.2) is 22.3 Å². The lowest BCUT2D eigenvalue weighted by atomic mass is 10.0. The molecule has 2 aromatic carbocycles. The van der Waals surface area contributed by atoms with E-state index in [1.165, 1.54) is 38.4 Å². The summed E-state index contributed by atoms with van der Waals surface area (Å²) in [5.41, 5.74) is 2.32. The number of benzene rings is 2. The number of carbonyl (C=O) groups excluding carboxylic acids is 1. The number of ether oxygens (including phenoxy) is 1. The molecular formula is C21H20BrNO6S. The average Bonchev–Trinajstić information content (AvgIpc) is 2.69. The van der Waals surface area contributed by atoms with Gasteiger partial charge < -0.3 is 9.15 Å².